The Morgan fingerprint density at radius 1 is 1.15 bits per heavy atom. The van der Waals surface area contributed by atoms with Gasteiger partial charge in [0.2, 0.25) is 15.9 Å². The third-order valence-electron chi connectivity index (χ3n) is 4.24. The number of anilines is 1. The second-order valence-electron chi connectivity index (χ2n) is 6.24. The molecule has 0 unspecified atom stereocenters. The summed E-state index contributed by atoms with van der Waals surface area (Å²) in [6.07, 6.45) is 0.132. The molecule has 0 radical (unpaired) electrons. The van der Waals surface area contributed by atoms with Crippen molar-refractivity contribution in [2.75, 3.05) is 26.5 Å². The number of nitrogens with zero attached hydrogens (tertiary/aromatic N) is 1. The number of benzene rings is 2. The average Bonchev–Trinajstić information content (AvgIpc) is 2.58. The van der Waals surface area contributed by atoms with Gasteiger partial charge >= 0.3 is 0 Å². The molecule has 0 heterocycles. The maximum Gasteiger partial charge on any atom is 0.242 e. The number of carbonyl (C=O) groups excluding carboxylic acids is 1. The molecule has 0 fully saturated rings. The van der Waals surface area contributed by atoms with E-state index in [0.29, 0.717) is 11.4 Å². The van der Waals surface area contributed by atoms with Crippen molar-refractivity contribution in [3.8, 4) is 5.75 Å². The Bertz CT molecular complexity index is 921. The highest BCUT2D eigenvalue weighted by molar-refractivity contribution is 7.89. The van der Waals surface area contributed by atoms with E-state index in [4.69, 9.17) is 4.74 Å². The van der Waals surface area contributed by atoms with Gasteiger partial charge in [-0.2, -0.15) is 0 Å². The number of rotatable bonds is 6. The number of hydrogen-bond acceptors (Lipinski definition) is 4. The summed E-state index contributed by atoms with van der Waals surface area (Å²) in [4.78, 5) is 12.6. The number of amides is 1. The Kier molecular flexibility index (Phi) is 6.05. The molecule has 0 spiro atoms. The van der Waals surface area contributed by atoms with E-state index in [1.807, 2.05) is 32.0 Å². The highest BCUT2D eigenvalue weighted by atomic mass is 32.2. The lowest BCUT2D eigenvalue weighted by molar-refractivity contribution is -0.115. The molecule has 2 aromatic carbocycles. The molecule has 0 aliphatic carbocycles. The minimum absolute atomic E-state index is 0.132. The Hall–Kier alpha value is -2.38. The normalized spacial score (nSPS) is 11.5. The third kappa shape index (κ3) is 4.23. The lowest BCUT2D eigenvalue weighted by Crippen LogP contribution is -2.23. The molecule has 2 aromatic rings. The van der Waals surface area contributed by atoms with Gasteiger partial charge < -0.3 is 10.1 Å². The molecule has 0 saturated heterocycles. The van der Waals surface area contributed by atoms with E-state index >= 15 is 0 Å². The van der Waals surface area contributed by atoms with Crippen LogP contribution in [0.2, 0.25) is 0 Å². The first-order valence-electron chi connectivity index (χ1n) is 8.12. The molecular formula is C19H24N2O4S. The number of aryl methyl sites for hydroxylation is 1. The van der Waals surface area contributed by atoms with E-state index in [1.165, 1.54) is 20.2 Å². The van der Waals surface area contributed by atoms with Gasteiger partial charge in [0, 0.05) is 25.3 Å². The summed E-state index contributed by atoms with van der Waals surface area (Å²) < 4.78 is 31.2. The number of carbonyl (C=O) groups is 1. The van der Waals surface area contributed by atoms with Crippen LogP contribution in [0.15, 0.2) is 41.3 Å². The Labute approximate surface area is 154 Å². The van der Waals surface area contributed by atoms with Crippen LogP contribution in [-0.2, 0) is 21.2 Å². The molecule has 7 heteroatoms. The van der Waals surface area contributed by atoms with E-state index in [0.717, 1.165) is 21.0 Å². The molecule has 0 atom stereocenters. The largest absolute Gasteiger partial charge is 0.496 e. The van der Waals surface area contributed by atoms with Crippen molar-refractivity contribution in [2.24, 2.45) is 0 Å². The van der Waals surface area contributed by atoms with Crippen LogP contribution < -0.4 is 10.1 Å². The van der Waals surface area contributed by atoms with Gasteiger partial charge in [0.15, 0.2) is 0 Å². The molecule has 0 bridgehead atoms. The van der Waals surface area contributed by atoms with E-state index < -0.39 is 10.0 Å². The standard InChI is InChI=1S/C19H24N2O4S/c1-13-10-16(26(23,24)21(3)4)12-17(14(13)2)20-19(22)11-15-8-6-7-9-18(15)25-5/h6-10,12H,11H2,1-5H3,(H,20,22). The SMILES string of the molecule is COc1ccccc1CC(=O)Nc1cc(S(=O)(=O)N(C)C)cc(C)c1C. The zero-order chi connectivity index (χ0) is 19.5. The number of hydrogen-bond donors (Lipinski definition) is 1. The van der Waals surface area contributed by atoms with Crippen LogP contribution >= 0.6 is 0 Å². The first kappa shape index (κ1) is 19.9. The molecule has 1 N–H and O–H groups in total. The summed E-state index contributed by atoms with van der Waals surface area (Å²) in [6, 6.07) is 10.4. The molecule has 0 aromatic heterocycles. The smallest absolute Gasteiger partial charge is 0.242 e. The highest BCUT2D eigenvalue weighted by Crippen LogP contribution is 2.26. The number of methoxy groups -OCH3 is 1. The maximum atomic E-state index is 12.5. The van der Waals surface area contributed by atoms with E-state index in [9.17, 15) is 13.2 Å². The number of nitrogens with one attached hydrogen (secondary N) is 1. The van der Waals surface area contributed by atoms with E-state index in [2.05, 4.69) is 5.32 Å². The number of sulfonamides is 1. The highest BCUT2D eigenvalue weighted by Gasteiger charge is 2.20. The second kappa shape index (κ2) is 7.88. The molecule has 26 heavy (non-hydrogen) atoms. The fraction of sp³-hybridized carbons (Fsp3) is 0.316. The summed E-state index contributed by atoms with van der Waals surface area (Å²) in [5.74, 6) is 0.399. The van der Waals surface area contributed by atoms with E-state index in [-0.39, 0.29) is 17.2 Å². The van der Waals surface area contributed by atoms with Crippen LogP contribution in [0.4, 0.5) is 5.69 Å². The van der Waals surface area contributed by atoms with Crippen molar-refractivity contribution >= 4 is 21.6 Å². The van der Waals surface area contributed by atoms with Gasteiger partial charge in [-0.1, -0.05) is 18.2 Å². The summed E-state index contributed by atoms with van der Waals surface area (Å²) in [6.45, 7) is 3.67. The predicted molar refractivity (Wildman–Crippen MR) is 102 cm³/mol. The van der Waals surface area contributed by atoms with Crippen LogP contribution in [0.1, 0.15) is 16.7 Å². The Balaban J connectivity index is 2.31. The molecule has 2 rings (SSSR count). The number of para-hydroxylation sites is 1. The van der Waals surface area contributed by atoms with Gasteiger partial charge in [0.1, 0.15) is 5.75 Å². The Morgan fingerprint density at radius 2 is 1.81 bits per heavy atom. The monoisotopic (exact) mass is 376 g/mol. The zero-order valence-corrected chi connectivity index (χ0v) is 16.5. The minimum atomic E-state index is -3.58. The topological polar surface area (TPSA) is 75.7 Å². The summed E-state index contributed by atoms with van der Waals surface area (Å²) >= 11 is 0. The quantitative estimate of drug-likeness (QED) is 0.841. The van der Waals surface area contributed by atoms with Gasteiger partial charge in [-0.3, -0.25) is 4.79 Å². The first-order valence-corrected chi connectivity index (χ1v) is 9.56. The van der Waals surface area contributed by atoms with Crippen LogP contribution in [0.25, 0.3) is 0 Å². The van der Waals surface area contributed by atoms with Crippen LogP contribution in [-0.4, -0.2) is 39.8 Å². The molecular weight excluding hydrogens is 352 g/mol. The van der Waals surface area contributed by atoms with Crippen molar-refractivity contribution in [1.82, 2.24) is 4.31 Å². The fourth-order valence-corrected chi connectivity index (χ4v) is 3.55. The molecule has 140 valence electrons. The number of ether oxygens (including phenoxy) is 1. The van der Waals surface area contributed by atoms with Gasteiger partial charge in [-0.05, 0) is 43.2 Å². The minimum Gasteiger partial charge on any atom is -0.496 e. The van der Waals surface area contributed by atoms with Gasteiger partial charge in [0.25, 0.3) is 0 Å². The Morgan fingerprint density at radius 3 is 2.42 bits per heavy atom. The van der Waals surface area contributed by atoms with Gasteiger partial charge in [-0.15, -0.1) is 0 Å². The predicted octanol–water partition coefficient (Wildman–Crippen LogP) is 2.74. The van der Waals surface area contributed by atoms with Crippen molar-refractivity contribution < 1.29 is 17.9 Å². The van der Waals surface area contributed by atoms with Crippen molar-refractivity contribution in [2.45, 2.75) is 25.2 Å². The van der Waals surface area contributed by atoms with Crippen molar-refractivity contribution in [3.63, 3.8) is 0 Å². The van der Waals surface area contributed by atoms with Gasteiger partial charge in [0.05, 0.1) is 18.4 Å². The summed E-state index contributed by atoms with van der Waals surface area (Å²) in [7, 11) is 0.927. The van der Waals surface area contributed by atoms with Crippen LogP contribution in [0.3, 0.4) is 0 Å². The lowest BCUT2D eigenvalue weighted by Gasteiger charge is -2.16. The van der Waals surface area contributed by atoms with Crippen LogP contribution in [0.5, 0.6) is 5.75 Å². The van der Waals surface area contributed by atoms with Crippen molar-refractivity contribution in [3.05, 3.63) is 53.1 Å². The molecule has 0 aliphatic rings. The first-order chi connectivity index (χ1) is 12.2. The second-order valence-corrected chi connectivity index (χ2v) is 8.39. The van der Waals surface area contributed by atoms with Crippen molar-refractivity contribution in [1.29, 1.82) is 0 Å². The lowest BCUT2D eigenvalue weighted by atomic mass is 10.1. The van der Waals surface area contributed by atoms with Crippen LogP contribution in [0, 0.1) is 13.8 Å². The average molecular weight is 376 g/mol. The summed E-state index contributed by atoms with van der Waals surface area (Å²) in [5.41, 5.74) is 2.88. The molecule has 6 nitrogen and oxygen atoms in total. The molecule has 1 amide bonds. The fourth-order valence-electron chi connectivity index (χ4n) is 2.53. The zero-order valence-electron chi connectivity index (χ0n) is 15.7. The molecule has 0 aliphatic heterocycles. The molecule has 0 saturated carbocycles. The maximum absolute atomic E-state index is 12.5. The van der Waals surface area contributed by atoms with E-state index in [1.54, 1.807) is 19.2 Å². The summed E-state index contributed by atoms with van der Waals surface area (Å²) in [5, 5.41) is 2.82. The third-order valence-corrected chi connectivity index (χ3v) is 6.03. The van der Waals surface area contributed by atoms with Gasteiger partial charge in [-0.25, -0.2) is 12.7 Å².